The summed E-state index contributed by atoms with van der Waals surface area (Å²) in [5.74, 6) is -2.96. The minimum atomic E-state index is -4.79. The Morgan fingerprint density at radius 1 is 0.607 bits per heavy atom. The molecule has 4 aromatic carbocycles. The number of carbonyl (C=O) groups is 2. The van der Waals surface area contributed by atoms with E-state index in [2.05, 4.69) is 38.8 Å². The molecule has 2 fully saturated rings. The molecule has 9 nitrogen and oxygen atoms in total. The number of aryl methyl sites for hydroxylation is 2. The van der Waals surface area contributed by atoms with Crippen LogP contribution in [0.5, 0.6) is 17.2 Å². The Balaban J connectivity index is 0.000000232. The molecule has 2 saturated heterocycles. The van der Waals surface area contributed by atoms with Crippen LogP contribution in [-0.4, -0.2) is 123 Å². The maximum atomic E-state index is 13.6. The van der Waals surface area contributed by atoms with Crippen LogP contribution in [0.2, 0.25) is 0 Å². The monoisotopic (exact) mass is 878 g/mol. The lowest BCUT2D eigenvalue weighted by atomic mass is 10.1. The van der Waals surface area contributed by atoms with Crippen LogP contribution in [0.15, 0.2) is 89.8 Å². The largest absolute Gasteiger partial charge is 0.573 e. The first kappa shape index (κ1) is 47.1. The van der Waals surface area contributed by atoms with Crippen LogP contribution in [0.25, 0.3) is 0 Å². The molecule has 61 heavy (non-hydrogen) atoms. The highest BCUT2D eigenvalue weighted by molar-refractivity contribution is 7.98. The van der Waals surface area contributed by atoms with Crippen LogP contribution in [0.4, 0.5) is 30.7 Å². The van der Waals surface area contributed by atoms with E-state index in [1.54, 1.807) is 22.7 Å². The lowest BCUT2D eigenvalue weighted by Crippen LogP contribution is -2.49. The van der Waals surface area contributed by atoms with Crippen molar-refractivity contribution in [2.75, 3.05) is 84.9 Å². The number of benzene rings is 4. The zero-order valence-electron chi connectivity index (χ0n) is 33.8. The Kier molecular flexibility index (Phi) is 18.0. The van der Waals surface area contributed by atoms with E-state index < -0.39 is 29.6 Å². The first-order chi connectivity index (χ1) is 29.3. The summed E-state index contributed by atoms with van der Waals surface area (Å²) in [5, 5.41) is 0. The molecule has 0 unspecified atom stereocenters. The molecule has 2 aliphatic rings. The molecule has 2 amide bonds. The van der Waals surface area contributed by atoms with Gasteiger partial charge in [-0.1, -0.05) is 30.3 Å². The molecule has 0 aliphatic carbocycles. The average Bonchev–Trinajstić information content (AvgIpc) is 3.24. The van der Waals surface area contributed by atoms with Crippen molar-refractivity contribution in [1.82, 2.24) is 19.6 Å². The molecular weight excluding hydrogens is 830 g/mol. The number of thioether (sulfide) groups is 1. The summed E-state index contributed by atoms with van der Waals surface area (Å²) < 4.78 is 105. The van der Waals surface area contributed by atoms with Gasteiger partial charge in [0, 0.05) is 95.3 Å². The molecule has 0 atom stereocenters. The lowest BCUT2D eigenvalue weighted by molar-refractivity contribution is -0.274. The standard InChI is InChI=1S/C22H23F5N2O3.C22H26F2N2O2S/c23-17-6-7-20(18(24)15-17)31-14-13-28-9-11-29(12-10-28)21(30)8-5-16-3-1-2-4-19(16)32-22(25,26)27;1-29-19-6-2-17(3-7-19)4-9-22(27)26-12-10-25(11-13-26)14-15-28-21-8-5-18(23)16-20(21)24/h1-4,6-7,15H,5,8-14H2;2-3,5-8,16H,4,9-15H2,1H3. The van der Waals surface area contributed by atoms with Crippen molar-refractivity contribution < 1.29 is 54.5 Å². The molecule has 17 heteroatoms. The molecule has 2 heterocycles. The third-order valence-corrected chi connectivity index (χ3v) is 10.9. The minimum Gasteiger partial charge on any atom is -0.489 e. The molecule has 0 saturated carbocycles. The average molecular weight is 879 g/mol. The maximum absolute atomic E-state index is 13.6. The Labute approximate surface area is 355 Å². The van der Waals surface area contributed by atoms with Gasteiger partial charge in [0.05, 0.1) is 0 Å². The predicted molar refractivity (Wildman–Crippen MR) is 218 cm³/mol. The van der Waals surface area contributed by atoms with E-state index in [0.717, 1.165) is 37.7 Å². The van der Waals surface area contributed by atoms with Crippen LogP contribution in [0.1, 0.15) is 24.0 Å². The highest BCUT2D eigenvalue weighted by Crippen LogP contribution is 2.27. The molecule has 0 radical (unpaired) electrons. The first-order valence-corrected chi connectivity index (χ1v) is 21.1. The number of para-hydroxylation sites is 1. The number of amides is 2. The Bertz CT molecular complexity index is 2010. The van der Waals surface area contributed by atoms with Gasteiger partial charge in [-0.25, -0.2) is 17.6 Å². The number of hydrogen-bond acceptors (Lipinski definition) is 8. The molecule has 0 aromatic heterocycles. The van der Waals surface area contributed by atoms with Gasteiger partial charge in [-0.05, 0) is 72.7 Å². The van der Waals surface area contributed by atoms with Gasteiger partial charge in [-0.3, -0.25) is 19.4 Å². The first-order valence-electron chi connectivity index (χ1n) is 19.9. The fraction of sp³-hybridized carbons (Fsp3) is 0.409. The summed E-state index contributed by atoms with van der Waals surface area (Å²) in [6.45, 7) is 6.74. The summed E-state index contributed by atoms with van der Waals surface area (Å²) in [6.07, 6.45) is -1.25. The molecule has 4 aromatic rings. The highest BCUT2D eigenvalue weighted by Gasteiger charge is 2.32. The third kappa shape index (κ3) is 15.8. The summed E-state index contributed by atoms with van der Waals surface area (Å²) in [5.41, 5.74) is 1.50. The number of halogens is 7. The predicted octanol–water partition coefficient (Wildman–Crippen LogP) is 7.86. The number of rotatable bonds is 16. The summed E-state index contributed by atoms with van der Waals surface area (Å²) in [6, 6.07) is 20.5. The van der Waals surface area contributed by atoms with Gasteiger partial charge in [-0.15, -0.1) is 24.9 Å². The number of ether oxygens (including phenoxy) is 3. The van der Waals surface area contributed by atoms with Crippen LogP contribution in [0.3, 0.4) is 0 Å². The van der Waals surface area contributed by atoms with E-state index in [1.807, 2.05) is 11.2 Å². The van der Waals surface area contributed by atoms with Gasteiger partial charge in [0.1, 0.15) is 30.6 Å². The van der Waals surface area contributed by atoms with Gasteiger partial charge < -0.3 is 24.0 Å². The summed E-state index contributed by atoms with van der Waals surface area (Å²) in [4.78, 5) is 34.0. The van der Waals surface area contributed by atoms with E-state index in [4.69, 9.17) is 9.47 Å². The second kappa shape index (κ2) is 23.3. The van der Waals surface area contributed by atoms with E-state index in [9.17, 15) is 40.3 Å². The van der Waals surface area contributed by atoms with Crippen molar-refractivity contribution in [1.29, 1.82) is 0 Å². The zero-order valence-corrected chi connectivity index (χ0v) is 34.6. The van der Waals surface area contributed by atoms with Crippen LogP contribution < -0.4 is 14.2 Å². The van der Waals surface area contributed by atoms with E-state index >= 15 is 0 Å². The minimum absolute atomic E-state index is 0.0185. The van der Waals surface area contributed by atoms with Crippen LogP contribution in [0, 0.1) is 23.3 Å². The van der Waals surface area contributed by atoms with Crippen molar-refractivity contribution in [3.63, 3.8) is 0 Å². The molecule has 0 bridgehead atoms. The number of hydrogen-bond donors (Lipinski definition) is 0. The van der Waals surface area contributed by atoms with E-state index in [-0.39, 0.29) is 48.5 Å². The SMILES string of the molecule is CSc1ccc(CCC(=O)N2CCN(CCOc3ccc(F)cc3F)CC2)cc1.O=C(CCc1ccccc1OC(F)(F)F)N1CCN(CCOc2ccc(F)cc2F)CC1. The van der Waals surface area contributed by atoms with Gasteiger partial charge in [0.25, 0.3) is 0 Å². The number of carbonyl (C=O) groups excluding carboxylic acids is 2. The molecule has 0 N–H and O–H groups in total. The quantitative estimate of drug-likeness (QED) is 0.0833. The molecule has 6 rings (SSSR count). The molecule has 2 aliphatic heterocycles. The number of piperazine rings is 2. The van der Waals surface area contributed by atoms with E-state index in [1.165, 1.54) is 46.9 Å². The topological polar surface area (TPSA) is 74.8 Å². The lowest BCUT2D eigenvalue weighted by Gasteiger charge is -2.34. The number of alkyl halides is 3. The Morgan fingerprint density at radius 2 is 1.08 bits per heavy atom. The molecule has 0 spiro atoms. The Hall–Kier alpha value is -5.00. The molecule has 330 valence electrons. The summed E-state index contributed by atoms with van der Waals surface area (Å²) in [7, 11) is 0. The normalized spacial score (nSPS) is 14.9. The number of nitrogens with zero attached hydrogens (tertiary/aromatic N) is 4. The molecular formula is C44H49F7N4O5S. The third-order valence-electron chi connectivity index (χ3n) is 10.2. The van der Waals surface area contributed by atoms with Crippen molar-refractivity contribution in [2.45, 2.75) is 36.9 Å². The fourth-order valence-corrected chi connectivity index (χ4v) is 7.14. The van der Waals surface area contributed by atoms with Crippen LogP contribution >= 0.6 is 11.8 Å². The highest BCUT2D eigenvalue weighted by atomic mass is 32.2. The fourth-order valence-electron chi connectivity index (χ4n) is 6.73. The van der Waals surface area contributed by atoms with Gasteiger partial charge in [0.2, 0.25) is 11.8 Å². The zero-order chi connectivity index (χ0) is 43.8. The van der Waals surface area contributed by atoms with Crippen LogP contribution in [-0.2, 0) is 22.4 Å². The van der Waals surface area contributed by atoms with Crippen molar-refractivity contribution in [3.8, 4) is 17.2 Å². The van der Waals surface area contributed by atoms with E-state index in [0.29, 0.717) is 70.9 Å². The maximum Gasteiger partial charge on any atom is 0.573 e. The van der Waals surface area contributed by atoms with Gasteiger partial charge in [0.15, 0.2) is 23.1 Å². The smallest absolute Gasteiger partial charge is 0.489 e. The van der Waals surface area contributed by atoms with Crippen molar-refractivity contribution in [2.24, 2.45) is 0 Å². The Morgan fingerprint density at radius 3 is 1.54 bits per heavy atom. The van der Waals surface area contributed by atoms with Crippen molar-refractivity contribution in [3.05, 3.63) is 119 Å². The van der Waals surface area contributed by atoms with Crippen molar-refractivity contribution >= 4 is 23.6 Å². The second-order valence-corrected chi connectivity index (χ2v) is 15.2. The second-order valence-electron chi connectivity index (χ2n) is 14.3. The van der Waals surface area contributed by atoms with Gasteiger partial charge >= 0.3 is 6.36 Å². The summed E-state index contributed by atoms with van der Waals surface area (Å²) >= 11 is 1.71. The van der Waals surface area contributed by atoms with Gasteiger partial charge in [-0.2, -0.15) is 0 Å².